The molecule has 5 nitrogen and oxygen atoms in total. The van der Waals surface area contributed by atoms with Gasteiger partial charge in [-0.05, 0) is 28.1 Å². The molecule has 2 aromatic rings. The summed E-state index contributed by atoms with van der Waals surface area (Å²) in [7, 11) is 0. The van der Waals surface area contributed by atoms with Gasteiger partial charge in [0, 0.05) is 6.20 Å². The standard InChI is InChI=1S/C10H9BrN4O/c11-9-3-1-2-8(15-9)10(16)13-5-7-4-12-6-14-7/h1-4,6H,5H2,(H,12,14)(H,13,16). The summed E-state index contributed by atoms with van der Waals surface area (Å²) in [5, 5.41) is 2.74. The summed E-state index contributed by atoms with van der Waals surface area (Å²) in [6.45, 7) is 0.410. The first-order chi connectivity index (χ1) is 7.75. The lowest BCUT2D eigenvalue weighted by Gasteiger charge is -2.02. The van der Waals surface area contributed by atoms with E-state index in [2.05, 4.69) is 36.2 Å². The fourth-order valence-corrected chi connectivity index (χ4v) is 1.53. The number of hydrogen-bond donors (Lipinski definition) is 2. The van der Waals surface area contributed by atoms with Crippen molar-refractivity contribution in [3.8, 4) is 0 Å². The number of halogens is 1. The molecular weight excluding hydrogens is 272 g/mol. The van der Waals surface area contributed by atoms with Crippen molar-refractivity contribution in [1.29, 1.82) is 0 Å². The molecule has 2 N–H and O–H groups in total. The van der Waals surface area contributed by atoms with Gasteiger partial charge in [-0.25, -0.2) is 9.97 Å². The minimum absolute atomic E-state index is 0.212. The van der Waals surface area contributed by atoms with Crippen molar-refractivity contribution in [2.75, 3.05) is 0 Å². The number of aromatic nitrogens is 3. The maximum Gasteiger partial charge on any atom is 0.270 e. The van der Waals surface area contributed by atoms with Gasteiger partial charge in [0.1, 0.15) is 10.3 Å². The van der Waals surface area contributed by atoms with Gasteiger partial charge in [-0.15, -0.1) is 0 Å². The topological polar surface area (TPSA) is 70.7 Å². The van der Waals surface area contributed by atoms with Gasteiger partial charge < -0.3 is 10.3 Å². The molecule has 0 aliphatic heterocycles. The second-order valence-electron chi connectivity index (χ2n) is 3.11. The number of nitrogens with zero attached hydrogens (tertiary/aromatic N) is 2. The average Bonchev–Trinajstić information content (AvgIpc) is 2.78. The lowest BCUT2D eigenvalue weighted by molar-refractivity contribution is 0.0945. The number of amides is 1. The number of nitrogens with one attached hydrogen (secondary N) is 2. The Morgan fingerprint density at radius 2 is 2.38 bits per heavy atom. The highest BCUT2D eigenvalue weighted by Gasteiger charge is 2.06. The monoisotopic (exact) mass is 280 g/mol. The van der Waals surface area contributed by atoms with Gasteiger partial charge in [0.2, 0.25) is 0 Å². The van der Waals surface area contributed by atoms with Crippen molar-refractivity contribution in [2.45, 2.75) is 6.54 Å². The van der Waals surface area contributed by atoms with Crippen LogP contribution in [0.2, 0.25) is 0 Å². The minimum atomic E-state index is -0.212. The highest BCUT2D eigenvalue weighted by Crippen LogP contribution is 2.06. The quantitative estimate of drug-likeness (QED) is 0.837. The van der Waals surface area contributed by atoms with E-state index in [1.165, 1.54) is 0 Å². The fourth-order valence-electron chi connectivity index (χ4n) is 1.18. The Kier molecular flexibility index (Phi) is 3.31. The van der Waals surface area contributed by atoms with Gasteiger partial charge in [-0.2, -0.15) is 0 Å². The molecule has 1 amide bonds. The average molecular weight is 281 g/mol. The number of pyridine rings is 1. The Balaban J connectivity index is 1.98. The van der Waals surface area contributed by atoms with Gasteiger partial charge in [-0.3, -0.25) is 4.79 Å². The number of imidazole rings is 1. The van der Waals surface area contributed by atoms with Crippen molar-refractivity contribution in [3.63, 3.8) is 0 Å². The molecule has 0 atom stereocenters. The molecule has 0 aliphatic carbocycles. The van der Waals surface area contributed by atoms with Crippen LogP contribution in [0.25, 0.3) is 0 Å². The molecule has 0 aromatic carbocycles. The van der Waals surface area contributed by atoms with Crippen LogP contribution in [0.5, 0.6) is 0 Å². The van der Waals surface area contributed by atoms with Crippen LogP contribution in [-0.4, -0.2) is 20.9 Å². The summed E-state index contributed by atoms with van der Waals surface area (Å²) < 4.78 is 0.640. The molecule has 82 valence electrons. The number of H-pyrrole nitrogens is 1. The predicted molar refractivity (Wildman–Crippen MR) is 61.7 cm³/mol. The van der Waals surface area contributed by atoms with Gasteiger partial charge in [-0.1, -0.05) is 6.07 Å². The zero-order valence-corrected chi connectivity index (χ0v) is 9.86. The summed E-state index contributed by atoms with van der Waals surface area (Å²) in [6.07, 6.45) is 3.23. The first-order valence-corrected chi connectivity index (χ1v) is 5.43. The van der Waals surface area contributed by atoms with E-state index in [1.54, 1.807) is 30.7 Å². The molecule has 0 aliphatic rings. The van der Waals surface area contributed by atoms with Crippen LogP contribution in [0.3, 0.4) is 0 Å². The molecule has 2 heterocycles. The van der Waals surface area contributed by atoms with Gasteiger partial charge in [0.05, 0.1) is 18.6 Å². The molecular formula is C10H9BrN4O. The lowest BCUT2D eigenvalue weighted by Crippen LogP contribution is -2.23. The summed E-state index contributed by atoms with van der Waals surface area (Å²) in [5.41, 5.74) is 1.23. The lowest BCUT2D eigenvalue weighted by atomic mass is 10.3. The third-order valence-electron chi connectivity index (χ3n) is 1.94. The van der Waals surface area contributed by atoms with E-state index in [0.29, 0.717) is 16.8 Å². The maximum atomic E-state index is 11.7. The van der Waals surface area contributed by atoms with Crippen molar-refractivity contribution >= 4 is 21.8 Å². The number of hydrogen-bond acceptors (Lipinski definition) is 3. The van der Waals surface area contributed by atoms with E-state index < -0.39 is 0 Å². The molecule has 6 heteroatoms. The Morgan fingerprint density at radius 1 is 1.50 bits per heavy atom. The van der Waals surface area contributed by atoms with Crippen molar-refractivity contribution < 1.29 is 4.79 Å². The fraction of sp³-hybridized carbons (Fsp3) is 0.100. The minimum Gasteiger partial charge on any atom is -0.347 e. The highest BCUT2D eigenvalue weighted by atomic mass is 79.9. The number of carbonyl (C=O) groups is 1. The molecule has 2 rings (SSSR count). The second kappa shape index (κ2) is 4.89. The van der Waals surface area contributed by atoms with Crippen LogP contribution < -0.4 is 5.32 Å². The maximum absolute atomic E-state index is 11.7. The Bertz CT molecular complexity index is 483. The summed E-state index contributed by atoms with van der Waals surface area (Å²) in [6, 6.07) is 5.20. The highest BCUT2D eigenvalue weighted by molar-refractivity contribution is 9.10. The van der Waals surface area contributed by atoms with E-state index in [1.807, 2.05) is 0 Å². The van der Waals surface area contributed by atoms with Crippen molar-refractivity contribution in [1.82, 2.24) is 20.3 Å². The van der Waals surface area contributed by atoms with Crippen LogP contribution in [0.4, 0.5) is 0 Å². The Morgan fingerprint density at radius 3 is 3.06 bits per heavy atom. The summed E-state index contributed by atoms with van der Waals surface area (Å²) >= 11 is 3.21. The van der Waals surface area contributed by atoms with E-state index in [-0.39, 0.29) is 5.91 Å². The third kappa shape index (κ3) is 2.66. The van der Waals surface area contributed by atoms with Crippen LogP contribution in [0.1, 0.15) is 16.2 Å². The first kappa shape index (κ1) is 10.8. The second-order valence-corrected chi connectivity index (χ2v) is 3.92. The largest absolute Gasteiger partial charge is 0.347 e. The molecule has 0 fully saturated rings. The van der Waals surface area contributed by atoms with Gasteiger partial charge in [0.25, 0.3) is 5.91 Å². The van der Waals surface area contributed by atoms with Crippen LogP contribution >= 0.6 is 15.9 Å². The Hall–Kier alpha value is -1.69. The number of carbonyl (C=O) groups excluding carboxylic acids is 1. The van der Waals surface area contributed by atoms with E-state index in [9.17, 15) is 4.79 Å². The molecule has 0 saturated heterocycles. The molecule has 16 heavy (non-hydrogen) atoms. The normalized spacial score (nSPS) is 10.1. The first-order valence-electron chi connectivity index (χ1n) is 4.64. The molecule has 0 bridgehead atoms. The zero-order valence-electron chi connectivity index (χ0n) is 8.27. The van der Waals surface area contributed by atoms with E-state index in [0.717, 1.165) is 5.69 Å². The van der Waals surface area contributed by atoms with Gasteiger partial charge in [0.15, 0.2) is 0 Å². The van der Waals surface area contributed by atoms with Crippen LogP contribution in [-0.2, 0) is 6.54 Å². The smallest absolute Gasteiger partial charge is 0.270 e. The van der Waals surface area contributed by atoms with E-state index >= 15 is 0 Å². The summed E-state index contributed by atoms with van der Waals surface area (Å²) in [5.74, 6) is -0.212. The molecule has 0 spiro atoms. The van der Waals surface area contributed by atoms with E-state index in [4.69, 9.17) is 0 Å². The van der Waals surface area contributed by atoms with Crippen LogP contribution in [0.15, 0.2) is 35.3 Å². The zero-order chi connectivity index (χ0) is 11.4. The SMILES string of the molecule is O=C(NCc1cnc[nH]1)c1cccc(Br)n1. The predicted octanol–water partition coefficient (Wildman–Crippen LogP) is 1.50. The third-order valence-corrected chi connectivity index (χ3v) is 2.38. The number of aromatic amines is 1. The van der Waals surface area contributed by atoms with Crippen molar-refractivity contribution in [2.24, 2.45) is 0 Å². The molecule has 0 radical (unpaired) electrons. The summed E-state index contributed by atoms with van der Waals surface area (Å²) in [4.78, 5) is 22.5. The number of rotatable bonds is 3. The van der Waals surface area contributed by atoms with Crippen LogP contribution in [0, 0.1) is 0 Å². The van der Waals surface area contributed by atoms with Gasteiger partial charge >= 0.3 is 0 Å². The molecule has 2 aromatic heterocycles. The van der Waals surface area contributed by atoms with Crippen molar-refractivity contribution in [3.05, 3.63) is 46.7 Å². The molecule has 0 saturated carbocycles. The Labute approximate surface area is 100 Å². The molecule has 0 unspecified atom stereocenters.